The van der Waals surface area contributed by atoms with E-state index in [1.165, 1.54) is 26.8 Å². The zero-order valence-corrected chi connectivity index (χ0v) is 9.92. The Labute approximate surface area is 99.2 Å². The van der Waals surface area contributed by atoms with E-state index in [0.717, 1.165) is 0 Å². The molecule has 0 bridgehead atoms. The highest BCUT2D eigenvalue weighted by atomic mass is 32.1. The predicted octanol–water partition coefficient (Wildman–Crippen LogP) is 4.88. The van der Waals surface area contributed by atoms with Crippen LogP contribution in [0.4, 0.5) is 0 Å². The fraction of sp³-hybridized carbons (Fsp3) is 0.0667. The minimum atomic E-state index is 1.34. The Hall–Kier alpha value is -1.60. The molecule has 0 atom stereocenters. The van der Waals surface area contributed by atoms with Crippen molar-refractivity contribution in [2.75, 3.05) is 0 Å². The molecule has 0 amide bonds. The lowest BCUT2D eigenvalue weighted by molar-refractivity contribution is 1.48. The molecule has 1 heteroatoms. The van der Waals surface area contributed by atoms with E-state index < -0.39 is 0 Å². The van der Waals surface area contributed by atoms with Gasteiger partial charge in [-0.15, -0.1) is 11.3 Å². The normalized spacial score (nSPS) is 10.8. The first kappa shape index (κ1) is 9.61. The van der Waals surface area contributed by atoms with E-state index in [-0.39, 0.29) is 0 Å². The number of rotatable bonds is 1. The van der Waals surface area contributed by atoms with Gasteiger partial charge in [-0.1, -0.05) is 48.5 Å². The SMILES string of the molecule is Cc1ccccc1-c1scc2ccccc12. The molecule has 0 aliphatic carbocycles. The maximum absolute atomic E-state index is 2.23. The van der Waals surface area contributed by atoms with Crippen molar-refractivity contribution >= 4 is 22.1 Å². The van der Waals surface area contributed by atoms with E-state index in [9.17, 15) is 0 Å². The van der Waals surface area contributed by atoms with Crippen molar-refractivity contribution in [2.24, 2.45) is 0 Å². The van der Waals surface area contributed by atoms with Gasteiger partial charge in [-0.05, 0) is 28.8 Å². The Morgan fingerprint density at radius 2 is 1.62 bits per heavy atom. The average molecular weight is 224 g/mol. The number of benzene rings is 2. The molecule has 78 valence electrons. The van der Waals surface area contributed by atoms with Gasteiger partial charge in [0.1, 0.15) is 0 Å². The van der Waals surface area contributed by atoms with Crippen molar-refractivity contribution in [3.8, 4) is 10.4 Å². The van der Waals surface area contributed by atoms with Crippen LogP contribution >= 0.6 is 11.3 Å². The third-order valence-electron chi connectivity index (χ3n) is 2.90. The Morgan fingerprint density at radius 3 is 2.50 bits per heavy atom. The fourth-order valence-corrected chi connectivity index (χ4v) is 3.15. The first-order valence-corrected chi connectivity index (χ1v) is 6.26. The molecule has 3 aromatic rings. The van der Waals surface area contributed by atoms with Crippen LogP contribution in [0.3, 0.4) is 0 Å². The van der Waals surface area contributed by atoms with E-state index in [4.69, 9.17) is 0 Å². The molecule has 0 N–H and O–H groups in total. The van der Waals surface area contributed by atoms with Crippen LogP contribution in [0.1, 0.15) is 5.56 Å². The highest BCUT2D eigenvalue weighted by Gasteiger charge is 2.07. The number of fused-ring (bicyclic) bond motifs is 1. The molecule has 0 radical (unpaired) electrons. The molecule has 0 fully saturated rings. The molecule has 3 rings (SSSR count). The maximum Gasteiger partial charge on any atom is 0.0423 e. The van der Waals surface area contributed by atoms with Gasteiger partial charge in [0, 0.05) is 10.3 Å². The quantitative estimate of drug-likeness (QED) is 0.553. The summed E-state index contributed by atoms with van der Waals surface area (Å²) in [5.74, 6) is 0. The van der Waals surface area contributed by atoms with Crippen LogP contribution in [0.25, 0.3) is 21.2 Å². The molecule has 2 aromatic carbocycles. The number of aryl methyl sites for hydroxylation is 1. The summed E-state index contributed by atoms with van der Waals surface area (Å²) in [4.78, 5) is 1.38. The molecule has 0 spiro atoms. The first-order chi connectivity index (χ1) is 7.86. The van der Waals surface area contributed by atoms with Gasteiger partial charge >= 0.3 is 0 Å². The lowest BCUT2D eigenvalue weighted by atomic mass is 10.0. The molecule has 0 aliphatic rings. The summed E-state index contributed by atoms with van der Waals surface area (Å²) in [6.45, 7) is 2.17. The van der Waals surface area contributed by atoms with Crippen LogP contribution < -0.4 is 0 Å². The molecule has 0 aliphatic heterocycles. The summed E-state index contributed by atoms with van der Waals surface area (Å²) in [7, 11) is 0. The van der Waals surface area contributed by atoms with Crippen LogP contribution in [0, 0.1) is 6.92 Å². The van der Waals surface area contributed by atoms with E-state index in [1.54, 1.807) is 0 Å². The maximum atomic E-state index is 2.23. The summed E-state index contributed by atoms with van der Waals surface area (Å²) in [6.07, 6.45) is 0. The van der Waals surface area contributed by atoms with Crippen LogP contribution in [0.5, 0.6) is 0 Å². The number of thiophene rings is 1. The van der Waals surface area contributed by atoms with Gasteiger partial charge in [0.05, 0.1) is 0 Å². The average Bonchev–Trinajstić information content (AvgIpc) is 2.74. The van der Waals surface area contributed by atoms with E-state index in [1.807, 2.05) is 11.3 Å². The second-order valence-electron chi connectivity index (χ2n) is 3.97. The molecule has 16 heavy (non-hydrogen) atoms. The monoisotopic (exact) mass is 224 g/mol. The highest BCUT2D eigenvalue weighted by molar-refractivity contribution is 7.15. The lowest BCUT2D eigenvalue weighted by Gasteiger charge is -2.03. The van der Waals surface area contributed by atoms with E-state index >= 15 is 0 Å². The second-order valence-corrected chi connectivity index (χ2v) is 4.85. The molecular formula is C15H12S. The summed E-state index contributed by atoms with van der Waals surface area (Å²) >= 11 is 1.83. The van der Waals surface area contributed by atoms with Gasteiger partial charge in [0.25, 0.3) is 0 Å². The zero-order chi connectivity index (χ0) is 11.0. The topological polar surface area (TPSA) is 0 Å². The van der Waals surface area contributed by atoms with Gasteiger partial charge in [0.2, 0.25) is 0 Å². The van der Waals surface area contributed by atoms with E-state index in [0.29, 0.717) is 0 Å². The first-order valence-electron chi connectivity index (χ1n) is 5.38. The predicted molar refractivity (Wildman–Crippen MR) is 72.0 cm³/mol. The van der Waals surface area contributed by atoms with Gasteiger partial charge in [-0.25, -0.2) is 0 Å². The number of hydrogen-bond donors (Lipinski definition) is 0. The summed E-state index contributed by atoms with van der Waals surface area (Å²) in [5.41, 5.74) is 2.70. The molecule has 0 nitrogen and oxygen atoms in total. The van der Waals surface area contributed by atoms with Crippen molar-refractivity contribution in [3.63, 3.8) is 0 Å². The van der Waals surface area contributed by atoms with E-state index in [2.05, 4.69) is 60.8 Å². The molecule has 1 heterocycles. The smallest absolute Gasteiger partial charge is 0.0423 e. The molecule has 0 unspecified atom stereocenters. The fourth-order valence-electron chi connectivity index (χ4n) is 2.03. The highest BCUT2D eigenvalue weighted by Crippen LogP contribution is 2.36. The number of hydrogen-bond acceptors (Lipinski definition) is 1. The summed E-state index contributed by atoms with van der Waals surface area (Å²) in [5, 5.41) is 4.93. The van der Waals surface area contributed by atoms with Crippen LogP contribution in [0.2, 0.25) is 0 Å². The van der Waals surface area contributed by atoms with Gasteiger partial charge < -0.3 is 0 Å². The Balaban J connectivity index is 2.31. The van der Waals surface area contributed by atoms with Crippen LogP contribution in [0.15, 0.2) is 53.9 Å². The minimum Gasteiger partial charge on any atom is -0.143 e. The molecular weight excluding hydrogens is 212 g/mol. The van der Waals surface area contributed by atoms with Crippen molar-refractivity contribution in [1.82, 2.24) is 0 Å². The lowest BCUT2D eigenvalue weighted by Crippen LogP contribution is -1.79. The van der Waals surface area contributed by atoms with Crippen molar-refractivity contribution in [2.45, 2.75) is 6.92 Å². The van der Waals surface area contributed by atoms with Crippen molar-refractivity contribution in [3.05, 3.63) is 59.5 Å². The summed E-state index contributed by atoms with van der Waals surface area (Å²) < 4.78 is 0. The van der Waals surface area contributed by atoms with Crippen LogP contribution in [-0.4, -0.2) is 0 Å². The van der Waals surface area contributed by atoms with Gasteiger partial charge in [-0.3, -0.25) is 0 Å². The Morgan fingerprint density at radius 1 is 0.875 bits per heavy atom. The molecule has 1 aromatic heterocycles. The molecule has 0 saturated carbocycles. The molecule has 0 saturated heterocycles. The van der Waals surface area contributed by atoms with Crippen LogP contribution in [-0.2, 0) is 0 Å². The summed E-state index contributed by atoms with van der Waals surface area (Å²) in [6, 6.07) is 17.2. The van der Waals surface area contributed by atoms with Crippen molar-refractivity contribution < 1.29 is 0 Å². The zero-order valence-electron chi connectivity index (χ0n) is 9.10. The van der Waals surface area contributed by atoms with Gasteiger partial charge in [-0.2, -0.15) is 0 Å². The second kappa shape index (κ2) is 3.76. The largest absolute Gasteiger partial charge is 0.143 e. The van der Waals surface area contributed by atoms with Crippen molar-refractivity contribution in [1.29, 1.82) is 0 Å². The standard InChI is InChI=1S/C15H12S/c1-11-6-2-4-8-13(11)15-14-9-5-3-7-12(14)10-16-15/h2-10H,1H3. The third kappa shape index (κ3) is 1.44. The Kier molecular flexibility index (Phi) is 2.26. The third-order valence-corrected chi connectivity index (χ3v) is 3.95. The minimum absolute atomic E-state index is 1.34. The Bertz CT molecular complexity index is 634. The van der Waals surface area contributed by atoms with Gasteiger partial charge in [0.15, 0.2) is 0 Å².